The van der Waals surface area contributed by atoms with Crippen LogP contribution in [0.2, 0.25) is 0 Å². The molecule has 0 rings (SSSR count). The highest BCUT2D eigenvalue weighted by Gasteiger charge is 2.08. The van der Waals surface area contributed by atoms with Gasteiger partial charge in [-0.15, -0.1) is 0 Å². The first-order valence-electron chi connectivity index (χ1n) is 6.10. The Balaban J connectivity index is 4.55. The van der Waals surface area contributed by atoms with Crippen LogP contribution < -0.4 is 5.32 Å². The normalized spacial score (nSPS) is 15.2. The summed E-state index contributed by atoms with van der Waals surface area (Å²) in [6.45, 7) is 15.0. The van der Waals surface area contributed by atoms with Crippen LogP contribution in [0, 0.1) is 11.8 Å². The maximum atomic E-state index is 4.03. The number of allylic oxidation sites excluding steroid dienone is 4. The standard InChI is InChI=1S/C15H27N/c1-11(2)13(5)8-9-14(6)15(10-16-7)12(3)4/h8,10-11,14,16H,3,9H2,1-2,4-7H3/b13-8-,15-10-. The summed E-state index contributed by atoms with van der Waals surface area (Å²) in [6, 6.07) is 0. The average molecular weight is 221 g/mol. The number of nitrogens with one attached hydrogen (secondary N) is 1. The monoisotopic (exact) mass is 221 g/mol. The van der Waals surface area contributed by atoms with E-state index in [1.165, 1.54) is 11.1 Å². The Hall–Kier alpha value is -0.980. The third-order valence-corrected chi connectivity index (χ3v) is 3.03. The van der Waals surface area contributed by atoms with E-state index in [-0.39, 0.29) is 0 Å². The zero-order valence-corrected chi connectivity index (χ0v) is 11.7. The van der Waals surface area contributed by atoms with Crippen LogP contribution >= 0.6 is 0 Å². The summed E-state index contributed by atoms with van der Waals surface area (Å²) in [5.41, 5.74) is 3.94. The zero-order chi connectivity index (χ0) is 12.7. The van der Waals surface area contributed by atoms with E-state index in [1.807, 2.05) is 7.05 Å². The molecule has 1 N–H and O–H groups in total. The number of hydrogen-bond donors (Lipinski definition) is 1. The number of hydrogen-bond acceptors (Lipinski definition) is 1. The van der Waals surface area contributed by atoms with E-state index in [0.717, 1.165) is 12.0 Å². The Morgan fingerprint density at radius 1 is 1.25 bits per heavy atom. The molecule has 16 heavy (non-hydrogen) atoms. The second kappa shape index (κ2) is 7.32. The first-order chi connectivity index (χ1) is 7.40. The van der Waals surface area contributed by atoms with Crippen LogP contribution in [-0.4, -0.2) is 7.05 Å². The fourth-order valence-corrected chi connectivity index (χ4v) is 1.57. The molecular formula is C15H27N. The fraction of sp³-hybridized carbons (Fsp3) is 0.600. The first kappa shape index (κ1) is 15.0. The summed E-state index contributed by atoms with van der Waals surface area (Å²) in [6.07, 6.45) is 5.50. The molecule has 0 spiro atoms. The summed E-state index contributed by atoms with van der Waals surface area (Å²) in [7, 11) is 1.94. The van der Waals surface area contributed by atoms with E-state index < -0.39 is 0 Å². The molecule has 1 unspecified atom stereocenters. The summed E-state index contributed by atoms with van der Waals surface area (Å²) < 4.78 is 0. The molecule has 1 heteroatoms. The van der Waals surface area contributed by atoms with E-state index in [2.05, 4.69) is 58.8 Å². The Bertz CT molecular complexity index is 282. The lowest BCUT2D eigenvalue weighted by Crippen LogP contribution is -2.05. The van der Waals surface area contributed by atoms with Crippen molar-refractivity contribution in [3.05, 3.63) is 35.6 Å². The van der Waals surface area contributed by atoms with Crippen LogP contribution in [0.15, 0.2) is 35.6 Å². The topological polar surface area (TPSA) is 12.0 Å². The molecule has 0 aliphatic heterocycles. The fourth-order valence-electron chi connectivity index (χ4n) is 1.57. The lowest BCUT2D eigenvalue weighted by molar-refractivity contribution is 0.678. The van der Waals surface area contributed by atoms with Crippen molar-refractivity contribution >= 4 is 0 Å². The van der Waals surface area contributed by atoms with Crippen LogP contribution in [0.4, 0.5) is 0 Å². The highest BCUT2D eigenvalue weighted by Crippen LogP contribution is 2.22. The third kappa shape index (κ3) is 5.20. The second-order valence-electron chi connectivity index (χ2n) is 4.91. The third-order valence-electron chi connectivity index (χ3n) is 3.03. The Kier molecular flexibility index (Phi) is 6.87. The average Bonchev–Trinajstić information content (AvgIpc) is 2.21. The summed E-state index contributed by atoms with van der Waals surface area (Å²) >= 11 is 0. The Labute approximate surface area is 101 Å². The molecule has 0 bridgehead atoms. The van der Waals surface area contributed by atoms with Gasteiger partial charge in [-0.1, -0.05) is 44.6 Å². The highest BCUT2D eigenvalue weighted by atomic mass is 14.8. The van der Waals surface area contributed by atoms with Gasteiger partial charge in [0.05, 0.1) is 0 Å². The van der Waals surface area contributed by atoms with Crippen molar-refractivity contribution in [2.45, 2.75) is 41.0 Å². The molecule has 1 atom stereocenters. The minimum absolute atomic E-state index is 0.527. The molecule has 0 radical (unpaired) electrons. The molecule has 0 fully saturated rings. The van der Waals surface area contributed by atoms with Gasteiger partial charge in [-0.2, -0.15) is 0 Å². The largest absolute Gasteiger partial charge is 0.394 e. The molecule has 0 saturated carbocycles. The van der Waals surface area contributed by atoms with E-state index in [4.69, 9.17) is 0 Å². The van der Waals surface area contributed by atoms with Crippen molar-refractivity contribution in [1.82, 2.24) is 5.32 Å². The molecular weight excluding hydrogens is 194 g/mol. The molecule has 0 aliphatic carbocycles. The van der Waals surface area contributed by atoms with Crippen molar-refractivity contribution in [1.29, 1.82) is 0 Å². The van der Waals surface area contributed by atoms with E-state index in [9.17, 15) is 0 Å². The molecule has 0 aromatic carbocycles. The van der Waals surface area contributed by atoms with Gasteiger partial charge in [-0.25, -0.2) is 0 Å². The summed E-state index contributed by atoms with van der Waals surface area (Å²) in [5.74, 6) is 1.17. The zero-order valence-electron chi connectivity index (χ0n) is 11.7. The van der Waals surface area contributed by atoms with E-state index in [0.29, 0.717) is 11.8 Å². The summed E-state index contributed by atoms with van der Waals surface area (Å²) in [4.78, 5) is 0. The maximum absolute atomic E-state index is 4.03. The lowest BCUT2D eigenvalue weighted by Gasteiger charge is -2.15. The van der Waals surface area contributed by atoms with Crippen LogP contribution in [0.5, 0.6) is 0 Å². The lowest BCUT2D eigenvalue weighted by atomic mass is 9.91. The van der Waals surface area contributed by atoms with Gasteiger partial charge in [0.25, 0.3) is 0 Å². The van der Waals surface area contributed by atoms with E-state index >= 15 is 0 Å². The smallest absolute Gasteiger partial charge is 0.00278 e. The van der Waals surface area contributed by atoms with Gasteiger partial charge in [-0.05, 0) is 43.9 Å². The minimum atomic E-state index is 0.527. The molecule has 0 amide bonds. The van der Waals surface area contributed by atoms with Crippen molar-refractivity contribution in [2.75, 3.05) is 7.05 Å². The molecule has 0 aliphatic rings. The van der Waals surface area contributed by atoms with Crippen molar-refractivity contribution in [3.8, 4) is 0 Å². The first-order valence-corrected chi connectivity index (χ1v) is 6.10. The van der Waals surface area contributed by atoms with Crippen molar-refractivity contribution in [3.63, 3.8) is 0 Å². The Morgan fingerprint density at radius 2 is 1.81 bits per heavy atom. The molecule has 1 nitrogen and oxygen atoms in total. The van der Waals surface area contributed by atoms with Gasteiger partial charge in [0, 0.05) is 7.05 Å². The SMILES string of the molecule is C=C(C)/C(=C/NC)C(C)C/C=C(/C)C(C)C. The quantitative estimate of drug-likeness (QED) is 0.521. The molecule has 0 aromatic heterocycles. The van der Waals surface area contributed by atoms with Gasteiger partial charge in [-0.3, -0.25) is 0 Å². The minimum Gasteiger partial charge on any atom is -0.394 e. The van der Waals surface area contributed by atoms with Gasteiger partial charge in [0.1, 0.15) is 0 Å². The number of rotatable bonds is 6. The van der Waals surface area contributed by atoms with Crippen molar-refractivity contribution < 1.29 is 0 Å². The summed E-state index contributed by atoms with van der Waals surface area (Å²) in [5, 5.41) is 3.10. The van der Waals surface area contributed by atoms with Crippen molar-refractivity contribution in [2.24, 2.45) is 11.8 Å². The Morgan fingerprint density at radius 3 is 2.19 bits per heavy atom. The predicted molar refractivity (Wildman–Crippen MR) is 74.3 cm³/mol. The van der Waals surface area contributed by atoms with E-state index in [1.54, 1.807) is 0 Å². The van der Waals surface area contributed by atoms with Gasteiger partial charge >= 0.3 is 0 Å². The van der Waals surface area contributed by atoms with Gasteiger partial charge in [0.2, 0.25) is 0 Å². The van der Waals surface area contributed by atoms with Crippen LogP contribution in [0.25, 0.3) is 0 Å². The van der Waals surface area contributed by atoms with Crippen LogP contribution in [0.1, 0.15) is 41.0 Å². The molecule has 0 aromatic rings. The van der Waals surface area contributed by atoms with Crippen LogP contribution in [-0.2, 0) is 0 Å². The van der Waals surface area contributed by atoms with Crippen LogP contribution in [0.3, 0.4) is 0 Å². The molecule has 0 heterocycles. The maximum Gasteiger partial charge on any atom is 0.00278 e. The second-order valence-corrected chi connectivity index (χ2v) is 4.91. The van der Waals surface area contributed by atoms with Gasteiger partial charge in [0.15, 0.2) is 0 Å². The molecule has 0 saturated heterocycles. The molecule has 92 valence electrons. The van der Waals surface area contributed by atoms with Gasteiger partial charge < -0.3 is 5.32 Å². The predicted octanol–water partition coefficient (Wildman–Crippen LogP) is 4.29. The highest BCUT2D eigenvalue weighted by molar-refractivity contribution is 5.28.